The summed E-state index contributed by atoms with van der Waals surface area (Å²) >= 11 is 14.3. The fourth-order valence-corrected chi connectivity index (χ4v) is 2.41. The molecule has 2 N–H and O–H groups in total. The van der Waals surface area contributed by atoms with Crippen LogP contribution in [0.3, 0.4) is 0 Å². The van der Waals surface area contributed by atoms with E-state index in [-0.39, 0.29) is 17.2 Å². The molecular formula is C15H10BrClF4N2S. The van der Waals surface area contributed by atoms with E-state index in [1.807, 2.05) is 0 Å². The molecular weight excluding hydrogens is 432 g/mol. The first kappa shape index (κ1) is 19.0. The van der Waals surface area contributed by atoms with Crippen LogP contribution >= 0.6 is 39.7 Å². The summed E-state index contributed by atoms with van der Waals surface area (Å²) in [6.45, 7) is -0.0555. The van der Waals surface area contributed by atoms with Crippen LogP contribution in [0.25, 0.3) is 0 Å². The molecule has 0 saturated heterocycles. The topological polar surface area (TPSA) is 24.1 Å². The summed E-state index contributed by atoms with van der Waals surface area (Å²) in [7, 11) is 0. The lowest BCUT2D eigenvalue weighted by Crippen LogP contribution is -2.28. The van der Waals surface area contributed by atoms with Crippen LogP contribution in [0, 0.1) is 5.82 Å². The van der Waals surface area contributed by atoms with Crippen molar-refractivity contribution in [2.45, 2.75) is 12.7 Å². The lowest BCUT2D eigenvalue weighted by atomic mass is 10.1. The van der Waals surface area contributed by atoms with Crippen LogP contribution in [0.15, 0.2) is 40.9 Å². The Morgan fingerprint density at radius 3 is 2.46 bits per heavy atom. The van der Waals surface area contributed by atoms with Gasteiger partial charge in [0.05, 0.1) is 10.6 Å². The van der Waals surface area contributed by atoms with Crippen LogP contribution in [-0.4, -0.2) is 5.11 Å². The van der Waals surface area contributed by atoms with Gasteiger partial charge in [-0.15, -0.1) is 0 Å². The first-order valence-electron chi connectivity index (χ1n) is 6.52. The fourth-order valence-electron chi connectivity index (χ4n) is 1.79. The van der Waals surface area contributed by atoms with Crippen molar-refractivity contribution in [3.8, 4) is 0 Å². The predicted molar refractivity (Wildman–Crippen MR) is 93.6 cm³/mol. The lowest BCUT2D eigenvalue weighted by Gasteiger charge is -2.13. The Morgan fingerprint density at radius 2 is 1.88 bits per heavy atom. The molecule has 0 bridgehead atoms. The summed E-state index contributed by atoms with van der Waals surface area (Å²) in [6, 6.07) is 7.45. The number of rotatable bonds is 3. The summed E-state index contributed by atoms with van der Waals surface area (Å²) in [5.41, 5.74) is -0.344. The Balaban J connectivity index is 1.97. The Morgan fingerprint density at radius 1 is 1.17 bits per heavy atom. The highest BCUT2D eigenvalue weighted by atomic mass is 79.9. The monoisotopic (exact) mass is 440 g/mol. The molecule has 0 atom stereocenters. The van der Waals surface area contributed by atoms with Gasteiger partial charge in [0.25, 0.3) is 0 Å². The third-order valence-corrected chi connectivity index (χ3v) is 4.48. The van der Waals surface area contributed by atoms with E-state index in [2.05, 4.69) is 26.6 Å². The van der Waals surface area contributed by atoms with Crippen molar-refractivity contribution >= 4 is 50.5 Å². The molecule has 2 aromatic rings. The molecule has 128 valence electrons. The van der Waals surface area contributed by atoms with E-state index in [0.29, 0.717) is 16.8 Å². The number of thiocarbonyl (C=S) groups is 1. The SMILES string of the molecule is Fc1cc(C(F)(F)F)ccc1CNC(=S)Nc1ccc(Br)c(Cl)c1. The molecule has 0 saturated carbocycles. The highest BCUT2D eigenvalue weighted by Crippen LogP contribution is 2.30. The average molecular weight is 442 g/mol. The molecule has 0 aliphatic rings. The van der Waals surface area contributed by atoms with Gasteiger partial charge in [0.2, 0.25) is 0 Å². The van der Waals surface area contributed by atoms with Gasteiger partial charge in [-0.25, -0.2) is 4.39 Å². The largest absolute Gasteiger partial charge is 0.416 e. The van der Waals surface area contributed by atoms with Crippen LogP contribution in [0.1, 0.15) is 11.1 Å². The van der Waals surface area contributed by atoms with Crippen LogP contribution in [-0.2, 0) is 12.7 Å². The summed E-state index contributed by atoms with van der Waals surface area (Å²) < 4.78 is 51.9. The minimum Gasteiger partial charge on any atom is -0.358 e. The molecule has 0 fully saturated rings. The van der Waals surface area contributed by atoms with Crippen molar-refractivity contribution in [1.82, 2.24) is 5.32 Å². The molecule has 0 spiro atoms. The van der Waals surface area contributed by atoms with E-state index in [0.717, 1.165) is 16.6 Å². The van der Waals surface area contributed by atoms with E-state index in [9.17, 15) is 17.6 Å². The Bertz CT molecular complexity index is 768. The van der Waals surface area contributed by atoms with Gasteiger partial charge in [0.15, 0.2) is 5.11 Å². The second-order valence-corrected chi connectivity index (χ2v) is 6.41. The maximum Gasteiger partial charge on any atom is 0.416 e. The number of halogens is 6. The highest BCUT2D eigenvalue weighted by Gasteiger charge is 2.31. The van der Waals surface area contributed by atoms with Crippen LogP contribution in [0.2, 0.25) is 5.02 Å². The molecule has 0 aliphatic heterocycles. The summed E-state index contributed by atoms with van der Waals surface area (Å²) in [6.07, 6.45) is -4.58. The Kier molecular flexibility index (Phi) is 6.06. The second kappa shape index (κ2) is 7.67. The number of anilines is 1. The molecule has 24 heavy (non-hydrogen) atoms. The van der Waals surface area contributed by atoms with Gasteiger partial charge in [-0.2, -0.15) is 13.2 Å². The zero-order chi connectivity index (χ0) is 17.9. The van der Waals surface area contributed by atoms with E-state index in [1.54, 1.807) is 18.2 Å². The van der Waals surface area contributed by atoms with Crippen LogP contribution < -0.4 is 10.6 Å². The number of benzene rings is 2. The highest BCUT2D eigenvalue weighted by molar-refractivity contribution is 9.10. The third-order valence-electron chi connectivity index (χ3n) is 3.00. The molecule has 2 rings (SSSR count). The first-order chi connectivity index (χ1) is 11.2. The molecule has 0 heterocycles. The predicted octanol–water partition coefficient (Wildman–Crippen LogP) is 5.75. The number of hydrogen-bond acceptors (Lipinski definition) is 1. The van der Waals surface area contributed by atoms with Gasteiger partial charge >= 0.3 is 6.18 Å². The third kappa shape index (κ3) is 5.06. The summed E-state index contributed by atoms with van der Waals surface area (Å²) in [5.74, 6) is -0.952. The van der Waals surface area contributed by atoms with Crippen molar-refractivity contribution < 1.29 is 17.6 Å². The summed E-state index contributed by atoms with van der Waals surface area (Å²) in [4.78, 5) is 0. The van der Waals surface area contributed by atoms with Crippen LogP contribution in [0.4, 0.5) is 23.2 Å². The van der Waals surface area contributed by atoms with Gasteiger partial charge in [-0.3, -0.25) is 0 Å². The zero-order valence-electron chi connectivity index (χ0n) is 11.8. The standard InChI is InChI=1S/C15H10BrClF4N2S/c16-11-4-3-10(6-12(11)17)23-14(24)22-7-8-1-2-9(5-13(8)18)15(19,20)21/h1-6H,7H2,(H2,22,23,24). The molecule has 0 amide bonds. The van der Waals surface area contributed by atoms with Crippen molar-refractivity contribution in [2.24, 2.45) is 0 Å². The van der Waals surface area contributed by atoms with Crippen molar-refractivity contribution in [3.05, 3.63) is 62.8 Å². The lowest BCUT2D eigenvalue weighted by molar-refractivity contribution is -0.137. The molecule has 0 aromatic heterocycles. The Hall–Kier alpha value is -1.38. The zero-order valence-corrected chi connectivity index (χ0v) is 15.0. The second-order valence-electron chi connectivity index (χ2n) is 4.74. The minimum atomic E-state index is -4.58. The summed E-state index contributed by atoms with van der Waals surface area (Å²) in [5, 5.41) is 6.24. The van der Waals surface area contributed by atoms with E-state index < -0.39 is 17.6 Å². The van der Waals surface area contributed by atoms with Crippen molar-refractivity contribution in [3.63, 3.8) is 0 Å². The molecule has 0 unspecified atom stereocenters. The molecule has 2 aromatic carbocycles. The fraction of sp³-hybridized carbons (Fsp3) is 0.133. The van der Waals surface area contributed by atoms with Gasteiger partial charge in [0.1, 0.15) is 5.82 Å². The smallest absolute Gasteiger partial charge is 0.358 e. The molecule has 9 heteroatoms. The Labute approximate surface area is 154 Å². The maximum absolute atomic E-state index is 13.7. The number of hydrogen-bond donors (Lipinski definition) is 2. The first-order valence-corrected chi connectivity index (χ1v) is 8.10. The normalized spacial score (nSPS) is 11.2. The number of alkyl halides is 3. The quantitative estimate of drug-likeness (QED) is 0.469. The van der Waals surface area contributed by atoms with Crippen LogP contribution in [0.5, 0.6) is 0 Å². The molecule has 0 radical (unpaired) electrons. The average Bonchev–Trinajstić information content (AvgIpc) is 2.49. The van der Waals surface area contributed by atoms with Gasteiger partial charge < -0.3 is 10.6 Å². The molecule has 2 nitrogen and oxygen atoms in total. The number of nitrogens with one attached hydrogen (secondary N) is 2. The van der Waals surface area contributed by atoms with E-state index in [4.69, 9.17) is 23.8 Å². The van der Waals surface area contributed by atoms with Crippen molar-refractivity contribution in [1.29, 1.82) is 0 Å². The van der Waals surface area contributed by atoms with E-state index in [1.165, 1.54) is 0 Å². The van der Waals surface area contributed by atoms with Gasteiger partial charge in [-0.05, 0) is 58.5 Å². The van der Waals surface area contributed by atoms with E-state index >= 15 is 0 Å². The minimum absolute atomic E-state index is 0.0555. The van der Waals surface area contributed by atoms with Gasteiger partial charge in [-0.1, -0.05) is 17.7 Å². The maximum atomic E-state index is 13.7. The van der Waals surface area contributed by atoms with Crippen molar-refractivity contribution in [2.75, 3.05) is 5.32 Å². The van der Waals surface area contributed by atoms with Gasteiger partial charge in [0, 0.05) is 22.3 Å². The molecule has 0 aliphatic carbocycles.